The molecule has 0 aromatic heterocycles. The topological polar surface area (TPSA) is 3.24 Å². The van der Waals surface area contributed by atoms with E-state index in [0.29, 0.717) is 0 Å². The van der Waals surface area contributed by atoms with Gasteiger partial charge in [-0.05, 0) is 25.7 Å². The van der Waals surface area contributed by atoms with Crippen molar-refractivity contribution < 1.29 is 0 Å². The lowest BCUT2D eigenvalue weighted by Crippen LogP contribution is -2.32. The summed E-state index contributed by atoms with van der Waals surface area (Å²) in [6.45, 7) is 5.94. The van der Waals surface area contributed by atoms with Crippen LogP contribution < -0.4 is 0 Å². The largest absolute Gasteiger partial charge is 0.245 e. The molecule has 0 amide bonds. The van der Waals surface area contributed by atoms with Crippen molar-refractivity contribution >= 4 is 22.9 Å². The molecule has 9 heavy (non-hydrogen) atoms. The lowest BCUT2D eigenvalue weighted by molar-refractivity contribution is 0.256. The molecule has 0 spiro atoms. The first-order chi connectivity index (χ1) is 4.20. The summed E-state index contributed by atoms with van der Waals surface area (Å²) in [4.78, 5) is 0. The molecule has 2 atom stereocenters. The predicted octanol–water partition coefficient (Wildman–Crippen LogP) is 2.46. The number of hydrogen-bond acceptors (Lipinski definition) is 1. The third-order valence-electron chi connectivity index (χ3n) is 2.06. The SMILES string of the molecule is CC1CCN(I)C(C)C1. The van der Waals surface area contributed by atoms with E-state index < -0.39 is 0 Å². The second-order valence-electron chi connectivity index (χ2n) is 3.10. The van der Waals surface area contributed by atoms with Gasteiger partial charge in [-0.2, -0.15) is 0 Å². The number of piperidine rings is 1. The normalized spacial score (nSPS) is 39.0. The Bertz CT molecular complexity index is 94.9. The lowest BCUT2D eigenvalue weighted by Gasteiger charge is -2.31. The van der Waals surface area contributed by atoms with E-state index in [-0.39, 0.29) is 0 Å². The highest BCUT2D eigenvalue weighted by molar-refractivity contribution is 14.1. The highest BCUT2D eigenvalue weighted by atomic mass is 127. The van der Waals surface area contributed by atoms with Gasteiger partial charge < -0.3 is 0 Å². The first-order valence-corrected chi connectivity index (χ1v) is 4.59. The van der Waals surface area contributed by atoms with Gasteiger partial charge >= 0.3 is 0 Å². The van der Waals surface area contributed by atoms with Crippen molar-refractivity contribution in [1.82, 2.24) is 3.11 Å². The second-order valence-corrected chi connectivity index (χ2v) is 4.34. The van der Waals surface area contributed by atoms with Crippen molar-refractivity contribution in [3.63, 3.8) is 0 Å². The molecule has 1 nitrogen and oxygen atoms in total. The summed E-state index contributed by atoms with van der Waals surface area (Å²) in [5, 5.41) is 0. The second kappa shape index (κ2) is 3.19. The van der Waals surface area contributed by atoms with E-state index in [2.05, 4.69) is 39.8 Å². The van der Waals surface area contributed by atoms with E-state index in [1.54, 1.807) is 0 Å². The van der Waals surface area contributed by atoms with Crippen LogP contribution in [0.25, 0.3) is 0 Å². The Morgan fingerprint density at radius 1 is 1.44 bits per heavy atom. The fraction of sp³-hybridized carbons (Fsp3) is 1.00. The van der Waals surface area contributed by atoms with E-state index in [9.17, 15) is 0 Å². The van der Waals surface area contributed by atoms with Crippen molar-refractivity contribution in [2.45, 2.75) is 32.7 Å². The molecule has 2 heteroatoms. The third-order valence-corrected chi connectivity index (χ3v) is 3.49. The molecular formula is C7H14IN. The molecule has 1 rings (SSSR count). The van der Waals surface area contributed by atoms with Crippen LogP contribution in [0, 0.1) is 5.92 Å². The fourth-order valence-corrected chi connectivity index (χ4v) is 1.88. The van der Waals surface area contributed by atoms with Gasteiger partial charge in [-0.3, -0.25) is 0 Å². The zero-order valence-corrected chi connectivity index (χ0v) is 8.26. The molecule has 0 saturated carbocycles. The van der Waals surface area contributed by atoms with Crippen molar-refractivity contribution in [3.8, 4) is 0 Å². The third kappa shape index (κ3) is 2.08. The summed E-state index contributed by atoms with van der Waals surface area (Å²) < 4.78 is 2.41. The Kier molecular flexibility index (Phi) is 2.76. The molecule has 0 radical (unpaired) electrons. The average molecular weight is 239 g/mol. The molecule has 1 heterocycles. The fourth-order valence-electron chi connectivity index (χ4n) is 1.38. The van der Waals surface area contributed by atoms with Crippen LogP contribution in [0.15, 0.2) is 0 Å². The highest BCUT2D eigenvalue weighted by Gasteiger charge is 2.19. The maximum atomic E-state index is 2.43. The predicted molar refractivity (Wildman–Crippen MR) is 48.6 cm³/mol. The molecule has 0 bridgehead atoms. The number of nitrogens with zero attached hydrogens (tertiary/aromatic N) is 1. The molecule has 1 aliphatic rings. The highest BCUT2D eigenvalue weighted by Crippen LogP contribution is 2.24. The summed E-state index contributed by atoms with van der Waals surface area (Å²) in [5.74, 6) is 0.950. The molecule has 0 N–H and O–H groups in total. The molecule has 0 aromatic carbocycles. The van der Waals surface area contributed by atoms with E-state index in [4.69, 9.17) is 0 Å². The van der Waals surface area contributed by atoms with Gasteiger partial charge in [0.1, 0.15) is 0 Å². The van der Waals surface area contributed by atoms with E-state index in [0.717, 1.165) is 12.0 Å². The minimum atomic E-state index is 0.800. The van der Waals surface area contributed by atoms with Crippen LogP contribution in [0.1, 0.15) is 26.7 Å². The van der Waals surface area contributed by atoms with Crippen LogP contribution in [0.2, 0.25) is 0 Å². The number of rotatable bonds is 0. The summed E-state index contributed by atoms with van der Waals surface area (Å²) in [6, 6.07) is 0.800. The summed E-state index contributed by atoms with van der Waals surface area (Å²) in [6.07, 6.45) is 2.76. The molecule has 2 unspecified atom stereocenters. The van der Waals surface area contributed by atoms with Crippen LogP contribution in [-0.4, -0.2) is 15.7 Å². The average Bonchev–Trinajstić information content (AvgIpc) is 1.80. The van der Waals surface area contributed by atoms with Crippen molar-refractivity contribution in [2.24, 2.45) is 5.92 Å². The first-order valence-electron chi connectivity index (χ1n) is 3.62. The lowest BCUT2D eigenvalue weighted by atomic mass is 9.95. The molecule has 54 valence electrons. The minimum Gasteiger partial charge on any atom is -0.245 e. The first kappa shape index (κ1) is 7.79. The standard InChI is InChI=1S/C7H14IN/c1-6-3-4-9(8)7(2)5-6/h6-7H,3-5H2,1-2H3. The Morgan fingerprint density at radius 3 is 2.56 bits per heavy atom. The Hall–Kier alpha value is 0.690. The van der Waals surface area contributed by atoms with Gasteiger partial charge in [-0.15, -0.1) is 0 Å². The van der Waals surface area contributed by atoms with Gasteiger partial charge in [0.15, 0.2) is 0 Å². The van der Waals surface area contributed by atoms with Crippen LogP contribution in [0.5, 0.6) is 0 Å². The van der Waals surface area contributed by atoms with Gasteiger partial charge in [-0.25, -0.2) is 3.11 Å². The Balaban J connectivity index is 2.35. The molecular weight excluding hydrogens is 225 g/mol. The van der Waals surface area contributed by atoms with Crippen molar-refractivity contribution in [2.75, 3.05) is 6.54 Å². The maximum absolute atomic E-state index is 2.43. The zero-order chi connectivity index (χ0) is 6.85. The number of hydrogen-bond donors (Lipinski definition) is 0. The Morgan fingerprint density at radius 2 is 2.11 bits per heavy atom. The van der Waals surface area contributed by atoms with Crippen LogP contribution >= 0.6 is 22.9 Å². The van der Waals surface area contributed by atoms with Gasteiger partial charge in [0.2, 0.25) is 0 Å². The van der Waals surface area contributed by atoms with Crippen LogP contribution in [-0.2, 0) is 0 Å². The maximum Gasteiger partial charge on any atom is 0.0204 e. The van der Waals surface area contributed by atoms with Gasteiger partial charge in [0.25, 0.3) is 0 Å². The molecule has 0 aromatic rings. The molecule has 1 aliphatic heterocycles. The smallest absolute Gasteiger partial charge is 0.0204 e. The summed E-state index contributed by atoms with van der Waals surface area (Å²) in [7, 11) is 0. The Labute approximate surface area is 71.3 Å². The quantitative estimate of drug-likeness (QED) is 0.463. The summed E-state index contributed by atoms with van der Waals surface area (Å²) >= 11 is 2.43. The van der Waals surface area contributed by atoms with Crippen LogP contribution in [0.4, 0.5) is 0 Å². The monoisotopic (exact) mass is 239 g/mol. The zero-order valence-electron chi connectivity index (χ0n) is 6.10. The van der Waals surface area contributed by atoms with Gasteiger partial charge in [0, 0.05) is 35.5 Å². The van der Waals surface area contributed by atoms with Gasteiger partial charge in [0.05, 0.1) is 0 Å². The molecule has 1 saturated heterocycles. The minimum absolute atomic E-state index is 0.800. The van der Waals surface area contributed by atoms with Crippen LogP contribution in [0.3, 0.4) is 0 Å². The van der Waals surface area contributed by atoms with E-state index in [1.807, 2.05) is 0 Å². The molecule has 0 aliphatic carbocycles. The van der Waals surface area contributed by atoms with Crippen molar-refractivity contribution in [3.05, 3.63) is 0 Å². The van der Waals surface area contributed by atoms with E-state index >= 15 is 0 Å². The van der Waals surface area contributed by atoms with Gasteiger partial charge in [-0.1, -0.05) is 6.92 Å². The van der Waals surface area contributed by atoms with E-state index in [1.165, 1.54) is 19.4 Å². The van der Waals surface area contributed by atoms with Crippen molar-refractivity contribution in [1.29, 1.82) is 0 Å². The number of halogens is 1. The molecule has 1 fully saturated rings. The summed E-state index contributed by atoms with van der Waals surface area (Å²) in [5.41, 5.74) is 0.